The minimum Gasteiger partial charge on any atom is -0.376 e. The largest absolute Gasteiger partial charge is 0.376 e. The average Bonchev–Trinajstić information content (AvgIpc) is 2.83. The van der Waals surface area contributed by atoms with Gasteiger partial charge in [-0.15, -0.1) is 11.3 Å². The zero-order valence-electron chi connectivity index (χ0n) is 10.2. The molecule has 1 nitrogen and oxygen atoms in total. The predicted octanol–water partition coefficient (Wildman–Crippen LogP) is 4.07. The summed E-state index contributed by atoms with van der Waals surface area (Å²) in [5.41, 5.74) is 1.41. The van der Waals surface area contributed by atoms with Crippen molar-refractivity contribution in [3.8, 4) is 0 Å². The molecule has 0 aliphatic rings. The van der Waals surface area contributed by atoms with E-state index in [1.807, 2.05) is 18.3 Å². The maximum absolute atomic E-state index is 5.41. The van der Waals surface area contributed by atoms with Gasteiger partial charge in [0.25, 0.3) is 0 Å². The van der Waals surface area contributed by atoms with Crippen molar-refractivity contribution in [3.63, 3.8) is 0 Å². The quantitative estimate of drug-likeness (QED) is 0.746. The molecule has 0 saturated heterocycles. The second kappa shape index (κ2) is 6.58. The maximum atomic E-state index is 5.41. The van der Waals surface area contributed by atoms with Gasteiger partial charge in [-0.1, -0.05) is 30.3 Å². The van der Waals surface area contributed by atoms with Crippen LogP contribution in [-0.2, 0) is 24.2 Å². The first-order valence-corrected chi connectivity index (χ1v) is 6.89. The minimum atomic E-state index is 0.756. The van der Waals surface area contributed by atoms with E-state index >= 15 is 0 Å². The van der Waals surface area contributed by atoms with E-state index in [1.165, 1.54) is 15.3 Å². The Morgan fingerprint density at radius 2 is 1.71 bits per heavy atom. The van der Waals surface area contributed by atoms with Crippen molar-refractivity contribution >= 4 is 11.3 Å². The predicted molar refractivity (Wildman–Crippen MR) is 73.5 cm³/mol. The Bertz CT molecular complexity index is 433. The molecular weight excluding hydrogens is 228 g/mol. The van der Waals surface area contributed by atoms with Crippen LogP contribution >= 0.6 is 11.3 Å². The zero-order valence-corrected chi connectivity index (χ0v) is 11.0. The number of benzene rings is 1. The summed E-state index contributed by atoms with van der Waals surface area (Å²) < 4.78 is 5.41. The fraction of sp³-hybridized carbons (Fsp3) is 0.333. The lowest BCUT2D eigenvalue weighted by Crippen LogP contribution is -1.88. The molecule has 0 unspecified atom stereocenters. The molecule has 0 aliphatic carbocycles. The van der Waals surface area contributed by atoms with Crippen LogP contribution in [0.3, 0.4) is 0 Å². The Morgan fingerprint density at radius 3 is 2.47 bits per heavy atom. The first-order chi connectivity index (χ1) is 8.38. The van der Waals surface area contributed by atoms with Crippen LogP contribution in [-0.4, -0.2) is 6.61 Å². The van der Waals surface area contributed by atoms with Gasteiger partial charge in [-0.3, -0.25) is 0 Å². The summed E-state index contributed by atoms with van der Waals surface area (Å²) in [5.74, 6) is 0. The summed E-state index contributed by atoms with van der Waals surface area (Å²) in [5, 5.41) is 0. The van der Waals surface area contributed by atoms with Crippen molar-refractivity contribution in [1.82, 2.24) is 0 Å². The summed E-state index contributed by atoms with van der Waals surface area (Å²) >= 11 is 1.87. The third-order valence-corrected chi connectivity index (χ3v) is 3.79. The van der Waals surface area contributed by atoms with Gasteiger partial charge in [0.15, 0.2) is 0 Å². The van der Waals surface area contributed by atoms with E-state index in [0.717, 1.165) is 26.1 Å². The molecule has 1 aromatic heterocycles. The van der Waals surface area contributed by atoms with Crippen LogP contribution in [0.15, 0.2) is 42.5 Å². The highest BCUT2D eigenvalue weighted by molar-refractivity contribution is 7.11. The van der Waals surface area contributed by atoms with E-state index < -0.39 is 0 Å². The molecule has 0 atom stereocenters. The molecular formula is C15H18OS. The van der Waals surface area contributed by atoms with E-state index in [4.69, 9.17) is 4.74 Å². The molecule has 2 rings (SSSR count). The molecule has 0 saturated carbocycles. The first kappa shape index (κ1) is 12.3. The van der Waals surface area contributed by atoms with E-state index in [1.54, 1.807) is 0 Å². The number of ether oxygens (including phenoxy) is 1. The second-order valence-corrected chi connectivity index (χ2v) is 5.24. The van der Waals surface area contributed by atoms with Crippen molar-refractivity contribution in [2.75, 3.05) is 6.61 Å². The SMILES string of the molecule is CCOCc1ccc(CCc2ccccc2)s1. The van der Waals surface area contributed by atoms with Gasteiger partial charge < -0.3 is 4.74 Å². The van der Waals surface area contributed by atoms with E-state index in [9.17, 15) is 0 Å². The van der Waals surface area contributed by atoms with Crippen LogP contribution < -0.4 is 0 Å². The normalized spacial score (nSPS) is 10.6. The van der Waals surface area contributed by atoms with Gasteiger partial charge in [0.05, 0.1) is 6.61 Å². The van der Waals surface area contributed by atoms with Crippen LogP contribution in [0.5, 0.6) is 0 Å². The lowest BCUT2D eigenvalue weighted by Gasteiger charge is -1.99. The third-order valence-electron chi connectivity index (χ3n) is 2.67. The molecule has 2 aromatic rings. The molecule has 1 aromatic carbocycles. The summed E-state index contributed by atoms with van der Waals surface area (Å²) in [6.45, 7) is 3.58. The highest BCUT2D eigenvalue weighted by atomic mass is 32.1. The summed E-state index contributed by atoms with van der Waals surface area (Å²) in [7, 11) is 0. The van der Waals surface area contributed by atoms with Crippen LogP contribution in [0.1, 0.15) is 22.2 Å². The van der Waals surface area contributed by atoms with Crippen molar-refractivity contribution in [2.24, 2.45) is 0 Å². The lowest BCUT2D eigenvalue weighted by molar-refractivity contribution is 0.136. The number of rotatable bonds is 6. The monoisotopic (exact) mass is 246 g/mol. The molecule has 0 radical (unpaired) electrons. The molecule has 0 N–H and O–H groups in total. The Morgan fingerprint density at radius 1 is 0.941 bits per heavy atom. The highest BCUT2D eigenvalue weighted by Gasteiger charge is 2.00. The van der Waals surface area contributed by atoms with E-state index in [2.05, 4.69) is 42.5 Å². The molecule has 0 amide bonds. The summed E-state index contributed by atoms with van der Waals surface area (Å²) in [6.07, 6.45) is 2.25. The standard InChI is InChI=1S/C15H18OS/c1-2-16-12-15-11-10-14(17-15)9-8-13-6-4-3-5-7-13/h3-7,10-11H,2,8-9,12H2,1H3. The minimum absolute atomic E-state index is 0.756. The van der Waals surface area contributed by atoms with Crippen LogP contribution in [0.4, 0.5) is 0 Å². The maximum Gasteiger partial charge on any atom is 0.0809 e. The summed E-state index contributed by atoms with van der Waals surface area (Å²) in [4.78, 5) is 2.78. The van der Waals surface area contributed by atoms with E-state index in [-0.39, 0.29) is 0 Å². The van der Waals surface area contributed by atoms with Gasteiger partial charge in [0.1, 0.15) is 0 Å². The second-order valence-electron chi connectivity index (χ2n) is 3.99. The topological polar surface area (TPSA) is 9.23 Å². The molecule has 0 aliphatic heterocycles. The van der Waals surface area contributed by atoms with Crippen molar-refractivity contribution in [3.05, 3.63) is 57.8 Å². The molecule has 2 heteroatoms. The number of thiophene rings is 1. The molecule has 17 heavy (non-hydrogen) atoms. The molecule has 1 heterocycles. The van der Waals surface area contributed by atoms with Gasteiger partial charge in [0, 0.05) is 16.4 Å². The van der Waals surface area contributed by atoms with Crippen molar-refractivity contribution in [2.45, 2.75) is 26.4 Å². The highest BCUT2D eigenvalue weighted by Crippen LogP contribution is 2.19. The summed E-state index contributed by atoms with van der Waals surface area (Å²) in [6, 6.07) is 15.1. The van der Waals surface area contributed by atoms with Crippen LogP contribution in [0.2, 0.25) is 0 Å². The van der Waals surface area contributed by atoms with Gasteiger partial charge in [-0.05, 0) is 37.5 Å². The zero-order chi connectivity index (χ0) is 11.9. The lowest BCUT2D eigenvalue weighted by atomic mass is 10.1. The average molecular weight is 246 g/mol. The van der Waals surface area contributed by atoms with Crippen molar-refractivity contribution in [1.29, 1.82) is 0 Å². The molecule has 0 fully saturated rings. The van der Waals surface area contributed by atoms with Crippen LogP contribution in [0.25, 0.3) is 0 Å². The molecule has 90 valence electrons. The fourth-order valence-electron chi connectivity index (χ4n) is 1.75. The number of aryl methyl sites for hydroxylation is 2. The van der Waals surface area contributed by atoms with Gasteiger partial charge >= 0.3 is 0 Å². The first-order valence-electron chi connectivity index (χ1n) is 6.07. The Kier molecular flexibility index (Phi) is 4.77. The Hall–Kier alpha value is -1.12. The Labute approximate surface area is 107 Å². The molecule has 0 bridgehead atoms. The fourth-order valence-corrected chi connectivity index (χ4v) is 2.70. The number of hydrogen-bond donors (Lipinski definition) is 0. The van der Waals surface area contributed by atoms with Gasteiger partial charge in [-0.2, -0.15) is 0 Å². The number of hydrogen-bond acceptors (Lipinski definition) is 2. The van der Waals surface area contributed by atoms with Gasteiger partial charge in [-0.25, -0.2) is 0 Å². The smallest absolute Gasteiger partial charge is 0.0809 e. The van der Waals surface area contributed by atoms with Crippen LogP contribution in [0, 0.1) is 0 Å². The third kappa shape index (κ3) is 3.99. The van der Waals surface area contributed by atoms with E-state index in [0.29, 0.717) is 0 Å². The van der Waals surface area contributed by atoms with Crippen molar-refractivity contribution < 1.29 is 4.74 Å². The molecule has 0 spiro atoms. The van der Waals surface area contributed by atoms with Gasteiger partial charge in [0.2, 0.25) is 0 Å². The Balaban J connectivity index is 1.85.